The lowest BCUT2D eigenvalue weighted by Gasteiger charge is -2.10. The fourth-order valence-corrected chi connectivity index (χ4v) is 1.67. The first kappa shape index (κ1) is 14.8. The van der Waals surface area contributed by atoms with Gasteiger partial charge < -0.3 is 10.1 Å². The molecule has 1 aromatic rings. The second-order valence-corrected chi connectivity index (χ2v) is 4.74. The minimum absolute atomic E-state index is 0.0375. The maximum Gasteiger partial charge on any atom is 0.221 e. The van der Waals surface area contributed by atoms with Crippen LogP contribution >= 0.6 is 11.6 Å². The summed E-state index contributed by atoms with van der Waals surface area (Å²) in [5.74, 6) is 1.64. The number of benzene rings is 1. The molecule has 3 nitrogen and oxygen atoms in total. The van der Waals surface area contributed by atoms with Gasteiger partial charge in [0.15, 0.2) is 0 Å². The van der Waals surface area contributed by atoms with Crippen LogP contribution in [0, 0.1) is 0 Å². The van der Waals surface area contributed by atoms with Crippen molar-refractivity contribution in [2.75, 3.05) is 19.0 Å². The molecule has 0 aromatic heterocycles. The predicted molar refractivity (Wildman–Crippen MR) is 74.4 cm³/mol. The number of carbonyl (C=O) groups is 1. The first-order valence-corrected chi connectivity index (χ1v) is 6.72. The van der Waals surface area contributed by atoms with Gasteiger partial charge in [0.1, 0.15) is 12.4 Å². The highest BCUT2D eigenvalue weighted by Crippen LogP contribution is 2.19. The zero-order valence-corrected chi connectivity index (χ0v) is 11.7. The van der Waals surface area contributed by atoms with Crippen LogP contribution in [0.15, 0.2) is 24.3 Å². The molecule has 0 heterocycles. The highest BCUT2D eigenvalue weighted by molar-refractivity contribution is 6.18. The molecule has 0 bridgehead atoms. The van der Waals surface area contributed by atoms with E-state index in [1.165, 1.54) is 5.56 Å². The Morgan fingerprint density at radius 1 is 1.44 bits per heavy atom. The third-order valence-corrected chi connectivity index (χ3v) is 2.73. The van der Waals surface area contributed by atoms with Crippen LogP contribution in [0.5, 0.6) is 5.75 Å². The van der Waals surface area contributed by atoms with Crippen LogP contribution in [-0.2, 0) is 4.79 Å². The van der Waals surface area contributed by atoms with E-state index in [0.717, 1.165) is 5.75 Å². The smallest absolute Gasteiger partial charge is 0.221 e. The summed E-state index contributed by atoms with van der Waals surface area (Å²) in [5, 5.41) is 2.74. The number of nitrogens with one attached hydrogen (secondary N) is 1. The molecule has 1 amide bonds. The Kier molecular flexibility index (Phi) is 6.58. The van der Waals surface area contributed by atoms with Gasteiger partial charge >= 0.3 is 0 Å². The van der Waals surface area contributed by atoms with Crippen molar-refractivity contribution in [1.29, 1.82) is 0 Å². The van der Waals surface area contributed by atoms with E-state index in [4.69, 9.17) is 16.3 Å². The summed E-state index contributed by atoms with van der Waals surface area (Å²) >= 11 is 5.46. The molecule has 1 N–H and O–H groups in total. The van der Waals surface area contributed by atoms with Gasteiger partial charge in [-0.15, -0.1) is 11.6 Å². The predicted octanol–water partition coefficient (Wildman–Crippen LogP) is 2.93. The molecule has 1 aromatic carbocycles. The number of carbonyl (C=O) groups excluding carboxylic acids is 1. The van der Waals surface area contributed by atoms with E-state index in [2.05, 4.69) is 25.2 Å². The van der Waals surface area contributed by atoms with Crippen LogP contribution < -0.4 is 10.1 Å². The van der Waals surface area contributed by atoms with Gasteiger partial charge in [0.05, 0.1) is 6.54 Å². The average molecular weight is 270 g/mol. The van der Waals surface area contributed by atoms with E-state index < -0.39 is 0 Å². The fourth-order valence-electron chi connectivity index (χ4n) is 1.50. The fraction of sp³-hybridized carbons (Fsp3) is 0.500. The van der Waals surface area contributed by atoms with E-state index >= 15 is 0 Å². The van der Waals surface area contributed by atoms with Gasteiger partial charge in [-0.1, -0.05) is 26.0 Å². The van der Waals surface area contributed by atoms with Gasteiger partial charge in [-0.2, -0.15) is 0 Å². The Hall–Kier alpha value is -1.22. The number of alkyl halides is 1. The third kappa shape index (κ3) is 5.41. The Labute approximate surface area is 113 Å². The van der Waals surface area contributed by atoms with Crippen LogP contribution in [0.4, 0.5) is 0 Å². The molecule has 0 atom stereocenters. The number of halogens is 1. The van der Waals surface area contributed by atoms with Gasteiger partial charge in [0.25, 0.3) is 0 Å². The first-order valence-electron chi connectivity index (χ1n) is 6.19. The van der Waals surface area contributed by atoms with Crippen molar-refractivity contribution in [2.24, 2.45) is 0 Å². The summed E-state index contributed by atoms with van der Waals surface area (Å²) in [6, 6.07) is 8.02. The minimum Gasteiger partial charge on any atom is -0.492 e. The van der Waals surface area contributed by atoms with E-state index in [-0.39, 0.29) is 5.91 Å². The standard InChI is InChI=1S/C14H20ClNO2/c1-11(2)12-4-3-5-13(10-12)18-9-8-16-14(17)6-7-15/h3-5,10-11H,6-9H2,1-2H3,(H,16,17). The molecular formula is C14H20ClNO2. The Bertz CT molecular complexity index is 380. The van der Waals surface area contributed by atoms with Crippen molar-refractivity contribution in [3.8, 4) is 5.75 Å². The van der Waals surface area contributed by atoms with Crippen molar-refractivity contribution in [1.82, 2.24) is 5.32 Å². The molecular weight excluding hydrogens is 250 g/mol. The van der Waals surface area contributed by atoms with E-state index in [1.54, 1.807) is 0 Å². The zero-order chi connectivity index (χ0) is 13.4. The second kappa shape index (κ2) is 7.98. The van der Waals surface area contributed by atoms with Crippen molar-refractivity contribution >= 4 is 17.5 Å². The molecule has 1 rings (SSSR count). The van der Waals surface area contributed by atoms with Crippen LogP contribution in [-0.4, -0.2) is 24.9 Å². The largest absolute Gasteiger partial charge is 0.492 e. The van der Waals surface area contributed by atoms with E-state index in [0.29, 0.717) is 31.4 Å². The normalized spacial score (nSPS) is 10.4. The maximum absolute atomic E-state index is 11.1. The maximum atomic E-state index is 11.1. The van der Waals surface area contributed by atoms with Crippen molar-refractivity contribution in [2.45, 2.75) is 26.2 Å². The Morgan fingerprint density at radius 2 is 2.22 bits per heavy atom. The van der Waals surface area contributed by atoms with Gasteiger partial charge in [-0.05, 0) is 23.6 Å². The summed E-state index contributed by atoms with van der Waals surface area (Å²) in [5.41, 5.74) is 1.25. The summed E-state index contributed by atoms with van der Waals surface area (Å²) in [4.78, 5) is 11.1. The SMILES string of the molecule is CC(C)c1cccc(OCCNC(=O)CCCl)c1. The van der Waals surface area contributed by atoms with Crippen LogP contribution in [0.1, 0.15) is 31.7 Å². The van der Waals surface area contributed by atoms with Gasteiger partial charge in [0, 0.05) is 12.3 Å². The van der Waals surface area contributed by atoms with E-state index in [1.807, 2.05) is 18.2 Å². The van der Waals surface area contributed by atoms with Gasteiger partial charge in [0.2, 0.25) is 5.91 Å². The molecule has 0 saturated heterocycles. The lowest BCUT2D eigenvalue weighted by molar-refractivity contribution is -0.120. The first-order chi connectivity index (χ1) is 8.63. The molecule has 0 radical (unpaired) electrons. The second-order valence-electron chi connectivity index (χ2n) is 4.36. The Balaban J connectivity index is 2.31. The number of amides is 1. The summed E-state index contributed by atoms with van der Waals surface area (Å²) < 4.78 is 5.58. The Morgan fingerprint density at radius 3 is 2.89 bits per heavy atom. The third-order valence-electron chi connectivity index (χ3n) is 2.54. The molecule has 0 spiro atoms. The molecule has 4 heteroatoms. The minimum atomic E-state index is -0.0375. The summed E-state index contributed by atoms with van der Waals surface area (Å²) in [6.07, 6.45) is 0.352. The number of ether oxygens (including phenoxy) is 1. The molecule has 18 heavy (non-hydrogen) atoms. The zero-order valence-electron chi connectivity index (χ0n) is 10.9. The number of hydrogen-bond acceptors (Lipinski definition) is 2. The molecule has 0 aliphatic heterocycles. The average Bonchev–Trinajstić information content (AvgIpc) is 2.35. The highest BCUT2D eigenvalue weighted by Gasteiger charge is 2.02. The van der Waals surface area contributed by atoms with Crippen molar-refractivity contribution in [3.63, 3.8) is 0 Å². The monoisotopic (exact) mass is 269 g/mol. The highest BCUT2D eigenvalue weighted by atomic mass is 35.5. The van der Waals surface area contributed by atoms with Gasteiger partial charge in [-0.3, -0.25) is 4.79 Å². The molecule has 0 aliphatic rings. The summed E-state index contributed by atoms with van der Waals surface area (Å²) in [6.45, 7) is 5.26. The van der Waals surface area contributed by atoms with E-state index in [9.17, 15) is 4.79 Å². The topological polar surface area (TPSA) is 38.3 Å². The molecule has 0 aliphatic carbocycles. The van der Waals surface area contributed by atoms with Crippen LogP contribution in [0.25, 0.3) is 0 Å². The molecule has 0 unspecified atom stereocenters. The number of rotatable bonds is 7. The molecule has 0 saturated carbocycles. The molecule has 100 valence electrons. The van der Waals surface area contributed by atoms with Crippen LogP contribution in [0.2, 0.25) is 0 Å². The summed E-state index contributed by atoms with van der Waals surface area (Å²) in [7, 11) is 0. The lowest BCUT2D eigenvalue weighted by Crippen LogP contribution is -2.28. The number of hydrogen-bond donors (Lipinski definition) is 1. The quantitative estimate of drug-likeness (QED) is 0.611. The van der Waals surface area contributed by atoms with Crippen molar-refractivity contribution < 1.29 is 9.53 Å². The van der Waals surface area contributed by atoms with Crippen LogP contribution in [0.3, 0.4) is 0 Å². The van der Waals surface area contributed by atoms with Gasteiger partial charge in [-0.25, -0.2) is 0 Å². The van der Waals surface area contributed by atoms with Crippen molar-refractivity contribution in [3.05, 3.63) is 29.8 Å². The molecule has 0 fully saturated rings. The lowest BCUT2D eigenvalue weighted by atomic mass is 10.0.